The van der Waals surface area contributed by atoms with Crippen molar-refractivity contribution in [2.75, 3.05) is 13.4 Å². The molecule has 0 aliphatic heterocycles. The van der Waals surface area contributed by atoms with E-state index in [-0.39, 0.29) is 19.2 Å². The van der Waals surface area contributed by atoms with Gasteiger partial charge in [-0.1, -0.05) is 37.1 Å². The van der Waals surface area contributed by atoms with Crippen molar-refractivity contribution in [2.24, 2.45) is 0 Å². The minimum Gasteiger partial charge on any atom is -0.485 e. The van der Waals surface area contributed by atoms with E-state index in [1.54, 1.807) is 42.5 Å². The van der Waals surface area contributed by atoms with Gasteiger partial charge in [0.2, 0.25) is 6.79 Å². The quantitative estimate of drug-likeness (QED) is 0.120. The van der Waals surface area contributed by atoms with Gasteiger partial charge < -0.3 is 18.9 Å². The van der Waals surface area contributed by atoms with E-state index in [0.29, 0.717) is 17.2 Å². The van der Waals surface area contributed by atoms with Gasteiger partial charge in [0, 0.05) is 23.3 Å². The van der Waals surface area contributed by atoms with E-state index in [9.17, 15) is 14.4 Å². The summed E-state index contributed by atoms with van der Waals surface area (Å²) in [5.74, 6) is 6.20. The molecule has 0 unspecified atom stereocenters. The van der Waals surface area contributed by atoms with Crippen LogP contribution in [-0.4, -0.2) is 31.1 Å². The highest BCUT2D eigenvalue weighted by Crippen LogP contribution is 2.18. The first-order valence-corrected chi connectivity index (χ1v) is 11.4. The van der Waals surface area contributed by atoms with E-state index in [4.69, 9.17) is 18.9 Å². The molecule has 38 heavy (non-hydrogen) atoms. The molecular weight excluding hydrogens is 484 g/mol. The number of hydrogen-bond acceptors (Lipinski definition) is 7. The number of benzene rings is 3. The molecule has 0 saturated heterocycles. The summed E-state index contributed by atoms with van der Waals surface area (Å²) in [6.45, 7) is 6.40. The van der Waals surface area contributed by atoms with Crippen LogP contribution in [0.1, 0.15) is 16.7 Å². The van der Waals surface area contributed by atoms with Gasteiger partial charge in [-0.15, -0.1) is 0 Å². The number of hydrogen-bond donors (Lipinski definition) is 0. The third-order valence-corrected chi connectivity index (χ3v) is 4.77. The van der Waals surface area contributed by atoms with Gasteiger partial charge in [-0.25, -0.2) is 9.59 Å². The van der Waals surface area contributed by atoms with Crippen LogP contribution in [0, 0.1) is 11.8 Å². The van der Waals surface area contributed by atoms with Crippen LogP contribution in [0.2, 0.25) is 0 Å². The van der Waals surface area contributed by atoms with Crippen molar-refractivity contribution in [1.82, 2.24) is 0 Å². The van der Waals surface area contributed by atoms with Gasteiger partial charge in [0.25, 0.3) is 0 Å². The average molecular weight is 509 g/mol. The van der Waals surface area contributed by atoms with Crippen molar-refractivity contribution < 1.29 is 33.3 Å². The van der Waals surface area contributed by atoms with Crippen LogP contribution < -0.4 is 14.2 Å². The van der Waals surface area contributed by atoms with Gasteiger partial charge in [0.05, 0.1) is 0 Å². The fraction of sp³-hybridized carbons (Fsp3) is 0.0645. The SMILES string of the molecule is C=CC(=O)COc1ccc(C#Cc2ccc(/C=C/C(=O)Oc3ccc(OCOC(=O)C=C)cc3)cc2)cc1. The monoisotopic (exact) mass is 508 g/mol. The molecule has 0 fully saturated rings. The summed E-state index contributed by atoms with van der Waals surface area (Å²) in [6.07, 6.45) is 5.23. The molecule has 0 saturated carbocycles. The van der Waals surface area contributed by atoms with E-state index >= 15 is 0 Å². The fourth-order valence-electron chi connectivity index (χ4n) is 2.80. The van der Waals surface area contributed by atoms with E-state index in [1.807, 2.05) is 36.4 Å². The standard InChI is InChI=1S/C31H24O7/c1-3-26(32)21-35-27-14-11-25(12-15-27)10-7-23-5-8-24(9-6-23)13-20-31(34)38-29-18-16-28(17-19-29)36-22-37-30(33)4-2/h3-6,8-9,11-20H,1-2,21-22H2/b20-13+. The Morgan fingerprint density at radius 2 is 1.24 bits per heavy atom. The molecule has 3 aromatic rings. The molecule has 3 rings (SSSR count). The second-order valence-electron chi connectivity index (χ2n) is 7.51. The van der Waals surface area contributed by atoms with Gasteiger partial charge in [0.15, 0.2) is 12.4 Å². The first-order chi connectivity index (χ1) is 18.4. The van der Waals surface area contributed by atoms with Crippen molar-refractivity contribution in [3.8, 4) is 29.1 Å². The molecule has 0 aliphatic carbocycles. The lowest BCUT2D eigenvalue weighted by molar-refractivity contribution is -0.144. The first kappa shape index (κ1) is 27.2. The number of ether oxygens (including phenoxy) is 4. The maximum Gasteiger partial charge on any atom is 0.336 e. The van der Waals surface area contributed by atoms with Gasteiger partial charge in [-0.2, -0.15) is 0 Å². The minimum atomic E-state index is -0.585. The van der Waals surface area contributed by atoms with Crippen LogP contribution >= 0.6 is 0 Å². The summed E-state index contributed by atoms with van der Waals surface area (Å²) in [6, 6.07) is 20.8. The molecule has 0 N–H and O–H groups in total. The Balaban J connectivity index is 1.47. The van der Waals surface area contributed by atoms with E-state index in [1.165, 1.54) is 12.2 Å². The Labute approximate surface area is 220 Å². The summed E-state index contributed by atoms with van der Waals surface area (Å²) in [4.78, 5) is 34.4. The van der Waals surface area contributed by atoms with Crippen molar-refractivity contribution in [2.45, 2.75) is 0 Å². The normalized spacial score (nSPS) is 10.0. The molecule has 0 bridgehead atoms. The van der Waals surface area contributed by atoms with Crippen LogP contribution in [0.25, 0.3) is 6.08 Å². The molecule has 0 amide bonds. The maximum absolute atomic E-state index is 12.1. The Hall–Kier alpha value is -5.35. The van der Waals surface area contributed by atoms with Crippen molar-refractivity contribution >= 4 is 23.8 Å². The molecule has 0 atom stereocenters. The number of esters is 2. The molecule has 7 heteroatoms. The second kappa shape index (κ2) is 14.3. The number of carbonyl (C=O) groups is 3. The summed E-state index contributed by atoms with van der Waals surface area (Å²) in [5.41, 5.74) is 2.42. The second-order valence-corrected chi connectivity index (χ2v) is 7.51. The maximum atomic E-state index is 12.1. The van der Waals surface area contributed by atoms with Crippen LogP contribution in [0.4, 0.5) is 0 Å². The van der Waals surface area contributed by atoms with Gasteiger partial charge in [0.1, 0.15) is 17.2 Å². The highest BCUT2D eigenvalue weighted by molar-refractivity contribution is 5.90. The predicted octanol–water partition coefficient (Wildman–Crippen LogP) is 4.90. The van der Waals surface area contributed by atoms with Crippen molar-refractivity contribution in [1.29, 1.82) is 0 Å². The molecule has 0 spiro atoms. The lowest BCUT2D eigenvalue weighted by Crippen LogP contribution is -2.07. The molecule has 0 heterocycles. The first-order valence-electron chi connectivity index (χ1n) is 11.4. The highest BCUT2D eigenvalue weighted by atomic mass is 16.7. The molecule has 3 aromatic carbocycles. The number of carbonyl (C=O) groups excluding carboxylic acids is 3. The molecule has 190 valence electrons. The van der Waals surface area contributed by atoms with Gasteiger partial charge >= 0.3 is 11.9 Å². The molecule has 0 aromatic heterocycles. The minimum absolute atomic E-state index is 0.0481. The summed E-state index contributed by atoms with van der Waals surface area (Å²) in [5, 5.41) is 0. The molecular formula is C31H24O7. The molecule has 7 nitrogen and oxygen atoms in total. The Morgan fingerprint density at radius 3 is 1.84 bits per heavy atom. The van der Waals surface area contributed by atoms with Crippen LogP contribution in [0.5, 0.6) is 17.2 Å². The lowest BCUT2D eigenvalue weighted by atomic mass is 10.1. The number of ketones is 1. The third-order valence-electron chi connectivity index (χ3n) is 4.77. The number of rotatable bonds is 11. The zero-order chi connectivity index (χ0) is 27.2. The van der Waals surface area contributed by atoms with Crippen molar-refractivity contribution in [3.05, 3.63) is 121 Å². The van der Waals surface area contributed by atoms with Crippen LogP contribution in [-0.2, 0) is 19.1 Å². The van der Waals surface area contributed by atoms with Crippen LogP contribution in [0.3, 0.4) is 0 Å². The molecule has 0 radical (unpaired) electrons. The van der Waals surface area contributed by atoms with E-state index in [2.05, 4.69) is 25.0 Å². The lowest BCUT2D eigenvalue weighted by Gasteiger charge is -2.07. The van der Waals surface area contributed by atoms with E-state index in [0.717, 1.165) is 22.8 Å². The van der Waals surface area contributed by atoms with Gasteiger partial charge in [-0.05, 0) is 78.4 Å². The Morgan fingerprint density at radius 1 is 0.684 bits per heavy atom. The molecule has 0 aliphatic rings. The summed E-state index contributed by atoms with van der Waals surface area (Å²) < 4.78 is 20.6. The predicted molar refractivity (Wildman–Crippen MR) is 142 cm³/mol. The zero-order valence-electron chi connectivity index (χ0n) is 20.4. The smallest absolute Gasteiger partial charge is 0.336 e. The van der Waals surface area contributed by atoms with Crippen molar-refractivity contribution in [3.63, 3.8) is 0 Å². The fourth-order valence-corrected chi connectivity index (χ4v) is 2.80. The summed E-state index contributed by atoms with van der Waals surface area (Å²) >= 11 is 0. The van der Waals surface area contributed by atoms with Crippen LogP contribution in [0.15, 0.2) is 104 Å². The third kappa shape index (κ3) is 9.36. The zero-order valence-corrected chi connectivity index (χ0v) is 20.4. The Kier molecular flexibility index (Phi) is 10.2. The van der Waals surface area contributed by atoms with E-state index < -0.39 is 11.9 Å². The summed E-state index contributed by atoms with van der Waals surface area (Å²) in [7, 11) is 0. The van der Waals surface area contributed by atoms with Gasteiger partial charge in [-0.3, -0.25) is 4.79 Å². The largest absolute Gasteiger partial charge is 0.485 e. The Bertz CT molecular complexity index is 1370. The topological polar surface area (TPSA) is 88.1 Å². The highest BCUT2D eigenvalue weighted by Gasteiger charge is 2.03. The average Bonchev–Trinajstić information content (AvgIpc) is 2.95.